The molecule has 20 heavy (non-hydrogen) atoms. The van der Waals surface area contributed by atoms with Crippen molar-refractivity contribution in [2.75, 3.05) is 5.73 Å². The van der Waals surface area contributed by atoms with Gasteiger partial charge in [0.2, 0.25) is 11.8 Å². The molecule has 100 valence electrons. The molecule has 6 heteroatoms. The predicted molar refractivity (Wildman–Crippen MR) is 72.7 cm³/mol. The SMILES string of the molecule is Nc1cn[nH]c1-c1ccc(Oc2ccccc2)nc1F. The molecule has 2 aromatic heterocycles. The van der Waals surface area contributed by atoms with Gasteiger partial charge < -0.3 is 10.5 Å². The molecule has 0 aliphatic carbocycles. The zero-order valence-corrected chi connectivity index (χ0v) is 10.4. The number of H-pyrrole nitrogens is 1. The minimum absolute atomic E-state index is 0.176. The van der Waals surface area contributed by atoms with Crippen LogP contribution < -0.4 is 10.5 Å². The van der Waals surface area contributed by atoms with E-state index in [1.54, 1.807) is 24.3 Å². The van der Waals surface area contributed by atoms with Gasteiger partial charge in [-0.05, 0) is 18.2 Å². The smallest absolute Gasteiger partial charge is 0.225 e. The van der Waals surface area contributed by atoms with E-state index in [1.807, 2.05) is 18.2 Å². The van der Waals surface area contributed by atoms with Gasteiger partial charge in [0.25, 0.3) is 0 Å². The molecule has 0 amide bonds. The van der Waals surface area contributed by atoms with Crippen molar-refractivity contribution in [3.8, 4) is 22.9 Å². The van der Waals surface area contributed by atoms with E-state index in [4.69, 9.17) is 10.5 Å². The molecule has 0 radical (unpaired) electrons. The fourth-order valence-corrected chi connectivity index (χ4v) is 1.78. The molecular weight excluding hydrogens is 259 g/mol. The van der Waals surface area contributed by atoms with Crippen LogP contribution in [-0.2, 0) is 0 Å². The molecule has 0 atom stereocenters. The molecule has 0 unspecified atom stereocenters. The zero-order chi connectivity index (χ0) is 13.9. The Morgan fingerprint density at radius 3 is 2.55 bits per heavy atom. The van der Waals surface area contributed by atoms with Crippen molar-refractivity contribution < 1.29 is 9.13 Å². The number of nitrogens with one attached hydrogen (secondary N) is 1. The average Bonchev–Trinajstić information content (AvgIpc) is 2.86. The number of aromatic nitrogens is 3. The maximum absolute atomic E-state index is 14.0. The highest BCUT2D eigenvalue weighted by molar-refractivity contribution is 5.71. The fraction of sp³-hybridized carbons (Fsp3) is 0. The lowest BCUT2D eigenvalue weighted by molar-refractivity contribution is 0.446. The van der Waals surface area contributed by atoms with Crippen LogP contribution in [0, 0.1) is 5.95 Å². The van der Waals surface area contributed by atoms with Gasteiger partial charge in [-0.1, -0.05) is 18.2 Å². The monoisotopic (exact) mass is 270 g/mol. The number of halogens is 1. The Bertz CT molecular complexity index is 727. The molecular formula is C14H11FN4O. The topological polar surface area (TPSA) is 76.8 Å². The molecule has 0 fully saturated rings. The van der Waals surface area contributed by atoms with Crippen LogP contribution in [0.5, 0.6) is 11.6 Å². The van der Waals surface area contributed by atoms with E-state index in [1.165, 1.54) is 6.20 Å². The first-order valence-electron chi connectivity index (χ1n) is 5.92. The largest absolute Gasteiger partial charge is 0.439 e. The van der Waals surface area contributed by atoms with E-state index in [-0.39, 0.29) is 11.4 Å². The van der Waals surface area contributed by atoms with E-state index < -0.39 is 5.95 Å². The lowest BCUT2D eigenvalue weighted by atomic mass is 10.2. The van der Waals surface area contributed by atoms with Crippen LogP contribution in [0.25, 0.3) is 11.3 Å². The van der Waals surface area contributed by atoms with Gasteiger partial charge in [-0.3, -0.25) is 5.10 Å². The van der Waals surface area contributed by atoms with Gasteiger partial charge in [-0.25, -0.2) is 0 Å². The van der Waals surface area contributed by atoms with Gasteiger partial charge in [0, 0.05) is 6.07 Å². The Morgan fingerprint density at radius 1 is 1.10 bits per heavy atom. The summed E-state index contributed by atoms with van der Waals surface area (Å²) >= 11 is 0. The van der Waals surface area contributed by atoms with Crippen LogP contribution in [0.3, 0.4) is 0 Å². The number of hydrogen-bond acceptors (Lipinski definition) is 4. The molecule has 3 aromatic rings. The van der Waals surface area contributed by atoms with Crippen LogP contribution in [0.4, 0.5) is 10.1 Å². The van der Waals surface area contributed by atoms with Crippen molar-refractivity contribution >= 4 is 5.69 Å². The third-order valence-corrected chi connectivity index (χ3v) is 2.73. The van der Waals surface area contributed by atoms with Gasteiger partial charge in [0.15, 0.2) is 0 Å². The first kappa shape index (κ1) is 12.2. The molecule has 2 heterocycles. The summed E-state index contributed by atoms with van der Waals surface area (Å²) in [5, 5.41) is 6.39. The molecule has 0 bridgehead atoms. The second-order valence-corrected chi connectivity index (χ2v) is 4.10. The predicted octanol–water partition coefficient (Wildman–Crippen LogP) is 2.99. The first-order valence-corrected chi connectivity index (χ1v) is 5.92. The molecule has 5 nitrogen and oxygen atoms in total. The van der Waals surface area contributed by atoms with Crippen molar-refractivity contribution in [2.45, 2.75) is 0 Å². The minimum Gasteiger partial charge on any atom is -0.439 e. The van der Waals surface area contributed by atoms with Crippen LogP contribution in [0.15, 0.2) is 48.7 Å². The number of ether oxygens (including phenoxy) is 1. The average molecular weight is 270 g/mol. The molecule has 0 aliphatic heterocycles. The standard InChI is InChI=1S/C14H11FN4O/c15-14-10(13-11(16)8-17-19-13)6-7-12(18-14)20-9-4-2-1-3-5-9/h1-8H,16H2,(H,17,19). The second kappa shape index (κ2) is 5.00. The Hall–Kier alpha value is -2.89. The van der Waals surface area contributed by atoms with Crippen LogP contribution in [-0.4, -0.2) is 15.2 Å². The maximum Gasteiger partial charge on any atom is 0.225 e. The first-order chi connectivity index (χ1) is 9.74. The Balaban J connectivity index is 1.90. The molecule has 0 saturated carbocycles. The van der Waals surface area contributed by atoms with Crippen LogP contribution in [0.2, 0.25) is 0 Å². The highest BCUT2D eigenvalue weighted by atomic mass is 19.1. The van der Waals surface area contributed by atoms with Crippen molar-refractivity contribution in [3.05, 3.63) is 54.6 Å². The summed E-state index contributed by atoms with van der Waals surface area (Å²) in [6.07, 6.45) is 1.42. The number of aromatic amines is 1. The summed E-state index contributed by atoms with van der Waals surface area (Å²) in [6, 6.07) is 12.2. The summed E-state index contributed by atoms with van der Waals surface area (Å²) in [4.78, 5) is 3.77. The highest BCUT2D eigenvalue weighted by Gasteiger charge is 2.12. The summed E-state index contributed by atoms with van der Waals surface area (Å²) in [5.74, 6) is 0.0955. The number of rotatable bonds is 3. The summed E-state index contributed by atoms with van der Waals surface area (Å²) in [6.45, 7) is 0. The normalized spacial score (nSPS) is 10.4. The third kappa shape index (κ3) is 2.31. The second-order valence-electron chi connectivity index (χ2n) is 4.10. The third-order valence-electron chi connectivity index (χ3n) is 2.73. The number of anilines is 1. The van der Waals surface area contributed by atoms with Gasteiger partial charge in [0.1, 0.15) is 5.75 Å². The van der Waals surface area contributed by atoms with E-state index in [9.17, 15) is 4.39 Å². The van der Waals surface area contributed by atoms with Crippen molar-refractivity contribution in [1.29, 1.82) is 0 Å². The Labute approximate surface area is 114 Å². The Morgan fingerprint density at radius 2 is 1.90 bits per heavy atom. The van der Waals surface area contributed by atoms with E-state index in [2.05, 4.69) is 15.2 Å². The number of nitrogens with two attached hydrogens (primary N) is 1. The number of hydrogen-bond donors (Lipinski definition) is 2. The molecule has 0 saturated heterocycles. The van der Waals surface area contributed by atoms with Gasteiger partial charge >= 0.3 is 0 Å². The number of pyridine rings is 1. The van der Waals surface area contributed by atoms with Crippen molar-refractivity contribution in [1.82, 2.24) is 15.2 Å². The summed E-state index contributed by atoms with van der Waals surface area (Å²) < 4.78 is 19.5. The zero-order valence-electron chi connectivity index (χ0n) is 10.4. The highest BCUT2D eigenvalue weighted by Crippen LogP contribution is 2.27. The van der Waals surface area contributed by atoms with Crippen LogP contribution >= 0.6 is 0 Å². The van der Waals surface area contributed by atoms with Gasteiger partial charge in [-0.2, -0.15) is 14.5 Å². The molecule has 0 aliphatic rings. The Kier molecular flexibility index (Phi) is 3.04. The van der Waals surface area contributed by atoms with Crippen molar-refractivity contribution in [2.24, 2.45) is 0 Å². The molecule has 3 N–H and O–H groups in total. The lowest BCUT2D eigenvalue weighted by Crippen LogP contribution is -1.95. The molecule has 3 rings (SSSR count). The summed E-state index contributed by atoms with van der Waals surface area (Å²) in [7, 11) is 0. The summed E-state index contributed by atoms with van der Waals surface area (Å²) in [5.41, 5.74) is 6.70. The molecule has 0 spiro atoms. The van der Waals surface area contributed by atoms with Gasteiger partial charge in [0.05, 0.1) is 23.1 Å². The lowest BCUT2D eigenvalue weighted by Gasteiger charge is -2.06. The quantitative estimate of drug-likeness (QED) is 0.717. The van der Waals surface area contributed by atoms with E-state index in [0.717, 1.165) is 0 Å². The maximum atomic E-state index is 14.0. The van der Waals surface area contributed by atoms with Gasteiger partial charge in [-0.15, -0.1) is 0 Å². The molecule has 1 aromatic carbocycles. The number of benzene rings is 1. The fourth-order valence-electron chi connectivity index (χ4n) is 1.78. The van der Waals surface area contributed by atoms with E-state index >= 15 is 0 Å². The van der Waals surface area contributed by atoms with Crippen LogP contribution in [0.1, 0.15) is 0 Å². The number of nitrogens with zero attached hydrogens (tertiary/aromatic N) is 2. The van der Waals surface area contributed by atoms with E-state index in [0.29, 0.717) is 17.1 Å². The number of nitrogen functional groups attached to an aromatic ring is 1. The number of para-hydroxylation sites is 1. The van der Waals surface area contributed by atoms with Crippen molar-refractivity contribution in [3.63, 3.8) is 0 Å². The minimum atomic E-state index is -0.672.